The first-order valence-electron chi connectivity index (χ1n) is 6.97. The molecule has 20 heavy (non-hydrogen) atoms. The SMILES string of the molecule is CC(C)(C)C(N)Cc1nc2cc3c(cc2[nH]1)OCCO3. The highest BCUT2D eigenvalue weighted by Gasteiger charge is 2.22. The van der Waals surface area contributed by atoms with E-state index in [0.29, 0.717) is 13.2 Å². The Morgan fingerprint density at radius 2 is 1.90 bits per heavy atom. The Bertz CT molecular complexity index is 585. The number of imidazole rings is 1. The molecule has 5 nitrogen and oxygen atoms in total. The van der Waals surface area contributed by atoms with Gasteiger partial charge in [-0.15, -0.1) is 0 Å². The summed E-state index contributed by atoms with van der Waals surface area (Å²) >= 11 is 0. The van der Waals surface area contributed by atoms with Crippen LogP contribution in [0, 0.1) is 5.41 Å². The number of aromatic nitrogens is 2. The lowest BCUT2D eigenvalue weighted by molar-refractivity contribution is 0.172. The van der Waals surface area contributed by atoms with Crippen molar-refractivity contribution >= 4 is 11.0 Å². The normalized spacial score (nSPS) is 16.4. The number of hydrogen-bond donors (Lipinski definition) is 2. The van der Waals surface area contributed by atoms with Crippen LogP contribution in [-0.2, 0) is 6.42 Å². The maximum absolute atomic E-state index is 6.22. The van der Waals surface area contributed by atoms with Crippen molar-refractivity contribution in [1.29, 1.82) is 0 Å². The average molecular weight is 275 g/mol. The van der Waals surface area contributed by atoms with Gasteiger partial charge in [-0.25, -0.2) is 4.98 Å². The second kappa shape index (κ2) is 4.66. The van der Waals surface area contributed by atoms with Gasteiger partial charge in [0.25, 0.3) is 0 Å². The van der Waals surface area contributed by atoms with Crippen molar-refractivity contribution in [2.75, 3.05) is 13.2 Å². The molecule has 1 atom stereocenters. The first-order valence-corrected chi connectivity index (χ1v) is 6.97. The number of hydrogen-bond acceptors (Lipinski definition) is 4. The highest BCUT2D eigenvalue weighted by molar-refractivity contribution is 5.79. The zero-order chi connectivity index (χ0) is 14.3. The molecule has 0 radical (unpaired) electrons. The van der Waals surface area contributed by atoms with Crippen LogP contribution in [0.2, 0.25) is 0 Å². The van der Waals surface area contributed by atoms with Crippen molar-refractivity contribution in [1.82, 2.24) is 9.97 Å². The molecule has 0 saturated heterocycles. The third-order valence-electron chi connectivity index (χ3n) is 3.72. The van der Waals surface area contributed by atoms with Gasteiger partial charge in [0.15, 0.2) is 11.5 Å². The van der Waals surface area contributed by atoms with E-state index in [2.05, 4.69) is 30.7 Å². The number of ether oxygens (including phenoxy) is 2. The molecule has 2 aromatic rings. The summed E-state index contributed by atoms with van der Waals surface area (Å²) in [6.45, 7) is 7.60. The standard InChI is InChI=1S/C15H21N3O2/c1-15(2,3)13(16)8-14-17-9-6-11-12(7-10(9)18-14)20-5-4-19-11/h6-7,13H,4-5,8,16H2,1-3H3,(H,17,18). The van der Waals surface area contributed by atoms with E-state index in [0.717, 1.165) is 34.8 Å². The largest absolute Gasteiger partial charge is 0.486 e. The number of aromatic amines is 1. The van der Waals surface area contributed by atoms with Gasteiger partial charge in [0, 0.05) is 24.6 Å². The molecule has 1 aliphatic heterocycles. The molecule has 1 aromatic heterocycles. The van der Waals surface area contributed by atoms with E-state index in [-0.39, 0.29) is 11.5 Å². The summed E-state index contributed by atoms with van der Waals surface area (Å²) < 4.78 is 11.2. The van der Waals surface area contributed by atoms with Crippen LogP contribution in [0.1, 0.15) is 26.6 Å². The molecule has 0 spiro atoms. The summed E-state index contributed by atoms with van der Waals surface area (Å²) in [6.07, 6.45) is 0.727. The van der Waals surface area contributed by atoms with Gasteiger partial charge in [-0.2, -0.15) is 0 Å². The third kappa shape index (κ3) is 2.45. The second-order valence-electron chi connectivity index (χ2n) is 6.37. The first kappa shape index (κ1) is 13.2. The van der Waals surface area contributed by atoms with Crippen LogP contribution >= 0.6 is 0 Å². The third-order valence-corrected chi connectivity index (χ3v) is 3.72. The number of H-pyrrole nitrogens is 1. The number of benzene rings is 1. The lowest BCUT2D eigenvalue weighted by Gasteiger charge is -2.26. The van der Waals surface area contributed by atoms with E-state index in [1.54, 1.807) is 0 Å². The minimum atomic E-state index is 0.0600. The summed E-state index contributed by atoms with van der Waals surface area (Å²) in [5.41, 5.74) is 8.13. The van der Waals surface area contributed by atoms with E-state index in [1.165, 1.54) is 0 Å². The number of nitrogens with zero attached hydrogens (tertiary/aromatic N) is 1. The molecule has 1 aromatic carbocycles. The fourth-order valence-corrected chi connectivity index (χ4v) is 2.21. The van der Waals surface area contributed by atoms with Crippen LogP contribution in [-0.4, -0.2) is 29.2 Å². The molecule has 0 saturated carbocycles. The highest BCUT2D eigenvalue weighted by atomic mass is 16.6. The molecule has 0 fully saturated rings. The first-order chi connectivity index (χ1) is 9.43. The van der Waals surface area contributed by atoms with Gasteiger partial charge in [-0.1, -0.05) is 20.8 Å². The van der Waals surface area contributed by atoms with Crippen LogP contribution in [0.25, 0.3) is 11.0 Å². The number of fused-ring (bicyclic) bond motifs is 2. The number of nitrogens with one attached hydrogen (secondary N) is 1. The van der Waals surface area contributed by atoms with Crippen molar-refractivity contribution in [3.8, 4) is 11.5 Å². The van der Waals surface area contributed by atoms with Gasteiger partial charge in [0.05, 0.1) is 11.0 Å². The topological polar surface area (TPSA) is 73.2 Å². The summed E-state index contributed by atoms with van der Waals surface area (Å²) in [5.74, 6) is 2.45. The lowest BCUT2D eigenvalue weighted by atomic mass is 9.85. The monoisotopic (exact) mass is 275 g/mol. The van der Waals surface area contributed by atoms with Crippen LogP contribution < -0.4 is 15.2 Å². The maximum Gasteiger partial charge on any atom is 0.163 e. The summed E-state index contributed by atoms with van der Waals surface area (Å²) in [4.78, 5) is 7.93. The summed E-state index contributed by atoms with van der Waals surface area (Å²) in [6, 6.07) is 3.93. The van der Waals surface area contributed by atoms with Crippen molar-refractivity contribution in [2.45, 2.75) is 33.2 Å². The molecule has 1 unspecified atom stereocenters. The molecule has 0 amide bonds. The van der Waals surface area contributed by atoms with Crippen LogP contribution in [0.3, 0.4) is 0 Å². The van der Waals surface area contributed by atoms with Gasteiger partial charge >= 0.3 is 0 Å². The Kier molecular flexibility index (Phi) is 3.09. The molecule has 3 rings (SSSR count). The molecule has 1 aliphatic rings. The highest BCUT2D eigenvalue weighted by Crippen LogP contribution is 2.33. The van der Waals surface area contributed by atoms with Crippen molar-refractivity contribution < 1.29 is 9.47 Å². The van der Waals surface area contributed by atoms with Gasteiger partial charge in [0.2, 0.25) is 0 Å². The Morgan fingerprint density at radius 1 is 1.25 bits per heavy atom. The van der Waals surface area contributed by atoms with Gasteiger partial charge in [0.1, 0.15) is 19.0 Å². The van der Waals surface area contributed by atoms with Crippen LogP contribution in [0.5, 0.6) is 11.5 Å². The van der Waals surface area contributed by atoms with Crippen molar-refractivity contribution in [3.63, 3.8) is 0 Å². The van der Waals surface area contributed by atoms with Gasteiger partial charge in [-0.3, -0.25) is 0 Å². The zero-order valence-corrected chi connectivity index (χ0v) is 12.2. The number of nitrogens with two attached hydrogens (primary N) is 1. The molecule has 0 aliphatic carbocycles. The predicted octanol–water partition coefficient (Wildman–Crippen LogP) is 2.25. The minimum Gasteiger partial charge on any atom is -0.486 e. The molecule has 0 bridgehead atoms. The Labute approximate surface area is 118 Å². The molecular weight excluding hydrogens is 254 g/mol. The zero-order valence-electron chi connectivity index (χ0n) is 12.2. The fraction of sp³-hybridized carbons (Fsp3) is 0.533. The Morgan fingerprint density at radius 3 is 2.55 bits per heavy atom. The van der Waals surface area contributed by atoms with Crippen LogP contribution in [0.15, 0.2) is 12.1 Å². The molecule has 5 heteroatoms. The maximum atomic E-state index is 6.22. The molecule has 2 heterocycles. The van der Waals surface area contributed by atoms with E-state index >= 15 is 0 Å². The molecule has 108 valence electrons. The lowest BCUT2D eigenvalue weighted by Crippen LogP contribution is -2.37. The van der Waals surface area contributed by atoms with E-state index in [1.807, 2.05) is 12.1 Å². The van der Waals surface area contributed by atoms with E-state index in [9.17, 15) is 0 Å². The van der Waals surface area contributed by atoms with Crippen LogP contribution in [0.4, 0.5) is 0 Å². The molecular formula is C15H21N3O2. The smallest absolute Gasteiger partial charge is 0.163 e. The minimum absolute atomic E-state index is 0.0600. The van der Waals surface area contributed by atoms with E-state index in [4.69, 9.17) is 15.2 Å². The second-order valence-corrected chi connectivity index (χ2v) is 6.37. The summed E-state index contributed by atoms with van der Waals surface area (Å²) in [5, 5.41) is 0. The number of rotatable bonds is 2. The predicted molar refractivity (Wildman–Crippen MR) is 78.2 cm³/mol. The average Bonchev–Trinajstić information content (AvgIpc) is 2.75. The fourth-order valence-electron chi connectivity index (χ4n) is 2.21. The Hall–Kier alpha value is -1.75. The quantitative estimate of drug-likeness (QED) is 0.881. The Balaban J connectivity index is 1.91. The molecule has 3 N–H and O–H groups in total. The van der Waals surface area contributed by atoms with Gasteiger partial charge in [-0.05, 0) is 5.41 Å². The van der Waals surface area contributed by atoms with Gasteiger partial charge < -0.3 is 20.2 Å². The summed E-state index contributed by atoms with van der Waals surface area (Å²) in [7, 11) is 0. The van der Waals surface area contributed by atoms with Crippen molar-refractivity contribution in [3.05, 3.63) is 18.0 Å². The van der Waals surface area contributed by atoms with Crippen molar-refractivity contribution in [2.24, 2.45) is 11.1 Å². The van der Waals surface area contributed by atoms with E-state index < -0.39 is 0 Å².